The highest BCUT2D eigenvalue weighted by atomic mass is 16.5. The van der Waals surface area contributed by atoms with Crippen molar-refractivity contribution >= 4 is 22.7 Å². The van der Waals surface area contributed by atoms with Gasteiger partial charge in [0.15, 0.2) is 11.4 Å². The molecule has 2 N–H and O–H groups in total. The lowest BCUT2D eigenvalue weighted by atomic mass is 10.2. The van der Waals surface area contributed by atoms with Gasteiger partial charge < -0.3 is 19.8 Å². The molecule has 30 heavy (non-hydrogen) atoms. The molecular formula is C22H22N6O2. The maximum absolute atomic E-state index is 5.82. The number of fused-ring (bicyclic) bond motifs is 1. The van der Waals surface area contributed by atoms with E-state index in [1.54, 1.807) is 6.08 Å². The quantitative estimate of drug-likeness (QED) is 0.319. The van der Waals surface area contributed by atoms with Crippen LogP contribution in [0, 0.1) is 0 Å². The number of nitrogens with one attached hydrogen (secondary N) is 2. The van der Waals surface area contributed by atoms with Gasteiger partial charge in [-0.25, -0.2) is 4.98 Å². The van der Waals surface area contributed by atoms with Crippen LogP contribution in [-0.4, -0.2) is 33.1 Å². The number of rotatable bonds is 9. The minimum absolute atomic E-state index is 0.286. The Labute approximate surface area is 174 Å². The number of aromatic nitrogens is 4. The summed E-state index contributed by atoms with van der Waals surface area (Å²) in [5, 5.41) is 6.37. The molecular weight excluding hydrogens is 380 g/mol. The molecule has 0 aliphatic carbocycles. The molecule has 0 radical (unpaired) electrons. The Balaban J connectivity index is 1.52. The topological polar surface area (TPSA) is 98.0 Å². The fourth-order valence-corrected chi connectivity index (χ4v) is 2.83. The van der Waals surface area contributed by atoms with Crippen LogP contribution in [0.1, 0.15) is 12.7 Å². The highest BCUT2D eigenvalue weighted by Crippen LogP contribution is 2.26. The summed E-state index contributed by atoms with van der Waals surface area (Å²) >= 11 is 0. The first kappa shape index (κ1) is 19.5. The Morgan fingerprint density at radius 3 is 2.63 bits per heavy atom. The van der Waals surface area contributed by atoms with E-state index in [0.29, 0.717) is 37.4 Å². The predicted molar refractivity (Wildman–Crippen MR) is 116 cm³/mol. The van der Waals surface area contributed by atoms with E-state index >= 15 is 0 Å². The molecule has 0 amide bonds. The number of ether oxygens (including phenoxy) is 1. The normalized spacial score (nSPS) is 10.8. The second-order valence-electron chi connectivity index (χ2n) is 6.40. The van der Waals surface area contributed by atoms with Crippen LogP contribution >= 0.6 is 0 Å². The molecule has 0 atom stereocenters. The van der Waals surface area contributed by atoms with Crippen LogP contribution in [0.3, 0.4) is 0 Å². The minimum Gasteiger partial charge on any atom is -0.464 e. The Kier molecular flexibility index (Phi) is 5.95. The summed E-state index contributed by atoms with van der Waals surface area (Å²) in [6.07, 6.45) is 1.78. The largest absolute Gasteiger partial charge is 0.464 e. The summed E-state index contributed by atoms with van der Waals surface area (Å²) < 4.78 is 11.3. The first-order valence-electron chi connectivity index (χ1n) is 9.67. The smallest absolute Gasteiger partial charge is 0.321 e. The van der Waals surface area contributed by atoms with Gasteiger partial charge in [0.1, 0.15) is 5.52 Å². The van der Waals surface area contributed by atoms with Crippen LogP contribution in [0.5, 0.6) is 6.01 Å². The maximum atomic E-state index is 5.82. The molecule has 0 fully saturated rings. The number of oxazole rings is 1. The molecule has 0 saturated heterocycles. The Hall–Kier alpha value is -3.78. The van der Waals surface area contributed by atoms with Crippen LogP contribution < -0.4 is 15.4 Å². The average Bonchev–Trinajstić information content (AvgIpc) is 3.19. The summed E-state index contributed by atoms with van der Waals surface area (Å²) in [6.45, 7) is 7.20. The molecule has 0 saturated carbocycles. The van der Waals surface area contributed by atoms with Crippen molar-refractivity contribution in [3.63, 3.8) is 0 Å². The number of anilines is 2. The van der Waals surface area contributed by atoms with Gasteiger partial charge in [-0.05, 0) is 43.3 Å². The monoisotopic (exact) mass is 402 g/mol. The highest BCUT2D eigenvalue weighted by Gasteiger charge is 2.10. The number of hydrogen-bond acceptors (Lipinski definition) is 8. The minimum atomic E-state index is 0.286. The Bertz CT molecular complexity index is 1110. The Morgan fingerprint density at radius 2 is 1.87 bits per heavy atom. The molecule has 4 aromatic rings. The van der Waals surface area contributed by atoms with Gasteiger partial charge in [-0.3, -0.25) is 0 Å². The van der Waals surface area contributed by atoms with Crippen LogP contribution in [0.25, 0.3) is 22.6 Å². The van der Waals surface area contributed by atoms with Gasteiger partial charge in [0.2, 0.25) is 11.8 Å². The fourth-order valence-electron chi connectivity index (χ4n) is 2.83. The van der Waals surface area contributed by atoms with Gasteiger partial charge in [-0.2, -0.15) is 15.0 Å². The summed E-state index contributed by atoms with van der Waals surface area (Å²) in [4.78, 5) is 17.6. The van der Waals surface area contributed by atoms with Crippen LogP contribution in [0.15, 0.2) is 65.6 Å². The second kappa shape index (κ2) is 9.15. The van der Waals surface area contributed by atoms with Gasteiger partial charge in [-0.15, -0.1) is 6.58 Å². The molecule has 0 unspecified atom stereocenters. The third-order valence-corrected chi connectivity index (χ3v) is 4.19. The number of benzene rings is 2. The molecule has 0 spiro atoms. The van der Waals surface area contributed by atoms with Crippen LogP contribution in [0.4, 0.5) is 11.6 Å². The first-order valence-corrected chi connectivity index (χ1v) is 9.67. The van der Waals surface area contributed by atoms with Gasteiger partial charge in [0, 0.05) is 17.8 Å². The number of para-hydroxylation sites is 2. The van der Waals surface area contributed by atoms with E-state index in [-0.39, 0.29) is 6.01 Å². The Morgan fingerprint density at radius 1 is 1.03 bits per heavy atom. The van der Waals surface area contributed by atoms with Gasteiger partial charge in [0.25, 0.3) is 0 Å². The van der Waals surface area contributed by atoms with Crippen molar-refractivity contribution in [3.8, 4) is 17.5 Å². The van der Waals surface area contributed by atoms with E-state index in [1.165, 1.54) is 0 Å². The SMILES string of the molecule is C=CCNCc1nc(Nc2ccc(-c3nc4ccccc4o3)cc2)nc(OCC)n1. The second-order valence-corrected chi connectivity index (χ2v) is 6.40. The van der Waals surface area contributed by atoms with E-state index < -0.39 is 0 Å². The molecule has 8 nitrogen and oxygen atoms in total. The summed E-state index contributed by atoms with van der Waals surface area (Å²) in [6, 6.07) is 15.7. The summed E-state index contributed by atoms with van der Waals surface area (Å²) in [5.41, 5.74) is 3.31. The van der Waals surface area contributed by atoms with Crippen molar-refractivity contribution in [3.05, 3.63) is 67.0 Å². The summed E-state index contributed by atoms with van der Waals surface area (Å²) in [5.74, 6) is 1.58. The molecule has 4 rings (SSSR count). The zero-order valence-electron chi connectivity index (χ0n) is 16.6. The average molecular weight is 402 g/mol. The van der Waals surface area contributed by atoms with Gasteiger partial charge in [0.05, 0.1) is 13.2 Å². The molecule has 152 valence electrons. The van der Waals surface area contributed by atoms with Crippen molar-refractivity contribution in [2.24, 2.45) is 0 Å². The zero-order valence-corrected chi connectivity index (χ0v) is 16.6. The van der Waals surface area contributed by atoms with Gasteiger partial charge >= 0.3 is 6.01 Å². The summed E-state index contributed by atoms with van der Waals surface area (Å²) in [7, 11) is 0. The molecule has 0 aliphatic heterocycles. The van der Waals surface area contributed by atoms with E-state index in [9.17, 15) is 0 Å². The third-order valence-electron chi connectivity index (χ3n) is 4.19. The lowest BCUT2D eigenvalue weighted by Crippen LogP contribution is -2.16. The molecule has 2 heterocycles. The van der Waals surface area contributed by atoms with Crippen molar-refractivity contribution in [2.45, 2.75) is 13.5 Å². The van der Waals surface area contributed by atoms with Crippen molar-refractivity contribution in [1.82, 2.24) is 25.3 Å². The highest BCUT2D eigenvalue weighted by molar-refractivity contribution is 5.76. The molecule has 0 bridgehead atoms. The van der Waals surface area contributed by atoms with Crippen molar-refractivity contribution in [1.29, 1.82) is 0 Å². The van der Waals surface area contributed by atoms with E-state index in [2.05, 4.69) is 37.1 Å². The fraction of sp³-hybridized carbons (Fsp3) is 0.182. The van der Waals surface area contributed by atoms with Crippen LogP contribution in [0.2, 0.25) is 0 Å². The lowest BCUT2D eigenvalue weighted by molar-refractivity contribution is 0.310. The third kappa shape index (κ3) is 4.61. The van der Waals surface area contributed by atoms with E-state index in [4.69, 9.17) is 9.15 Å². The molecule has 0 aliphatic rings. The maximum Gasteiger partial charge on any atom is 0.321 e. The molecule has 2 aromatic heterocycles. The number of nitrogens with zero attached hydrogens (tertiary/aromatic N) is 4. The van der Waals surface area contributed by atoms with Crippen LogP contribution in [-0.2, 0) is 6.54 Å². The lowest BCUT2D eigenvalue weighted by Gasteiger charge is -2.09. The van der Waals surface area contributed by atoms with E-state index in [1.807, 2.05) is 55.5 Å². The van der Waals surface area contributed by atoms with E-state index in [0.717, 1.165) is 22.4 Å². The zero-order chi connectivity index (χ0) is 20.8. The first-order chi connectivity index (χ1) is 14.7. The van der Waals surface area contributed by atoms with Crippen molar-refractivity contribution in [2.75, 3.05) is 18.5 Å². The van der Waals surface area contributed by atoms with Crippen molar-refractivity contribution < 1.29 is 9.15 Å². The predicted octanol–water partition coefficient (Wildman–Crippen LogP) is 4.10. The number of hydrogen-bond donors (Lipinski definition) is 2. The molecule has 2 aromatic carbocycles. The molecule has 8 heteroatoms. The standard InChI is InChI=1S/C22H22N6O2/c1-3-13-23-14-19-26-21(28-22(27-19)29-4-2)24-16-11-9-15(10-12-16)20-25-17-7-5-6-8-18(17)30-20/h3,5-12,23H,1,4,13-14H2,2H3,(H,24,26,27,28). The van der Waals surface area contributed by atoms with Gasteiger partial charge in [-0.1, -0.05) is 18.2 Å².